The number of unbranched alkanes of at least 4 members (excludes halogenated alkanes) is 1. The number of rotatable bonds is 9. The molecule has 0 aromatic heterocycles. The second kappa shape index (κ2) is 8.93. The van der Waals surface area contributed by atoms with Gasteiger partial charge in [-0.05, 0) is 44.3 Å². The maximum atomic E-state index is 4.19. The van der Waals surface area contributed by atoms with Crippen LogP contribution in [-0.4, -0.2) is 24.5 Å². The van der Waals surface area contributed by atoms with E-state index in [2.05, 4.69) is 55.7 Å². The Kier molecular flexibility index (Phi) is 7.43. The largest absolute Gasteiger partial charge is 0.300 e. The van der Waals surface area contributed by atoms with E-state index in [9.17, 15) is 0 Å². The van der Waals surface area contributed by atoms with Crippen LogP contribution in [0.5, 0.6) is 0 Å². The van der Waals surface area contributed by atoms with Gasteiger partial charge in [-0.25, -0.2) is 0 Å². The molecule has 0 heterocycles. The second-order valence-corrected chi connectivity index (χ2v) is 4.90. The number of benzene rings is 1. The highest BCUT2D eigenvalue weighted by Crippen LogP contribution is 2.10. The fraction of sp³-hybridized carbons (Fsp3) is 0.529. The van der Waals surface area contributed by atoms with E-state index in [0.717, 1.165) is 19.6 Å². The minimum absolute atomic E-state index is 1.07. The van der Waals surface area contributed by atoms with Crippen molar-refractivity contribution in [2.24, 2.45) is 0 Å². The monoisotopic (exact) mass is 245 g/mol. The summed E-state index contributed by atoms with van der Waals surface area (Å²) in [5.74, 6) is 0. The van der Waals surface area contributed by atoms with Crippen LogP contribution in [-0.2, 0) is 6.42 Å². The van der Waals surface area contributed by atoms with Gasteiger partial charge in [-0.1, -0.05) is 56.3 Å². The molecule has 18 heavy (non-hydrogen) atoms. The summed E-state index contributed by atoms with van der Waals surface area (Å²) < 4.78 is 0. The quantitative estimate of drug-likeness (QED) is 0.463. The van der Waals surface area contributed by atoms with Gasteiger partial charge in [-0.15, -0.1) is 0 Å². The second-order valence-electron chi connectivity index (χ2n) is 4.90. The van der Waals surface area contributed by atoms with Gasteiger partial charge in [0.15, 0.2) is 0 Å². The van der Waals surface area contributed by atoms with Crippen LogP contribution in [0.2, 0.25) is 0 Å². The first-order valence-corrected chi connectivity index (χ1v) is 7.19. The molecule has 0 spiro atoms. The fourth-order valence-electron chi connectivity index (χ4n) is 2.19. The van der Waals surface area contributed by atoms with Crippen molar-refractivity contribution in [2.45, 2.75) is 39.5 Å². The molecule has 0 aliphatic rings. The minimum atomic E-state index is 1.07. The van der Waals surface area contributed by atoms with E-state index < -0.39 is 0 Å². The Hall–Kier alpha value is -1.08. The van der Waals surface area contributed by atoms with Crippen LogP contribution in [0, 0.1) is 0 Å². The molecule has 0 atom stereocenters. The van der Waals surface area contributed by atoms with E-state index in [1.54, 1.807) is 0 Å². The van der Waals surface area contributed by atoms with Crippen molar-refractivity contribution < 1.29 is 0 Å². The topological polar surface area (TPSA) is 3.24 Å². The van der Waals surface area contributed by atoms with E-state index in [1.165, 1.54) is 36.8 Å². The van der Waals surface area contributed by atoms with Crippen LogP contribution in [0.25, 0.3) is 0 Å². The van der Waals surface area contributed by atoms with Gasteiger partial charge in [0.2, 0.25) is 0 Å². The van der Waals surface area contributed by atoms with E-state index in [1.807, 2.05) is 0 Å². The minimum Gasteiger partial charge on any atom is -0.300 e. The summed E-state index contributed by atoms with van der Waals surface area (Å²) in [7, 11) is 0. The van der Waals surface area contributed by atoms with Crippen molar-refractivity contribution >= 4 is 0 Å². The molecule has 1 nitrogen and oxygen atoms in total. The number of aryl methyl sites for hydroxylation is 1. The van der Waals surface area contributed by atoms with Crippen molar-refractivity contribution in [3.63, 3.8) is 0 Å². The summed E-state index contributed by atoms with van der Waals surface area (Å²) in [6.07, 6.45) is 4.89. The molecule has 0 N–H and O–H groups in total. The molecule has 1 aromatic carbocycles. The lowest BCUT2D eigenvalue weighted by atomic mass is 10.0. The molecular weight excluding hydrogens is 218 g/mol. The molecule has 0 unspecified atom stereocenters. The van der Waals surface area contributed by atoms with Crippen LogP contribution in [0.15, 0.2) is 42.5 Å². The summed E-state index contributed by atoms with van der Waals surface area (Å²) in [5, 5.41) is 0. The Morgan fingerprint density at radius 2 is 1.72 bits per heavy atom. The number of hydrogen-bond donors (Lipinski definition) is 0. The highest BCUT2D eigenvalue weighted by molar-refractivity contribution is 5.14. The van der Waals surface area contributed by atoms with Gasteiger partial charge in [0, 0.05) is 6.54 Å². The third kappa shape index (κ3) is 6.02. The van der Waals surface area contributed by atoms with Crippen LogP contribution >= 0.6 is 0 Å². The van der Waals surface area contributed by atoms with E-state index >= 15 is 0 Å². The first-order valence-electron chi connectivity index (χ1n) is 7.19. The summed E-state index contributed by atoms with van der Waals surface area (Å²) in [5.41, 5.74) is 2.83. The van der Waals surface area contributed by atoms with Crippen molar-refractivity contribution in [2.75, 3.05) is 19.6 Å². The molecule has 0 aliphatic heterocycles. The molecule has 0 fully saturated rings. The lowest BCUT2D eigenvalue weighted by Crippen LogP contribution is -2.25. The zero-order valence-electron chi connectivity index (χ0n) is 12.0. The molecule has 100 valence electrons. The number of hydrogen-bond acceptors (Lipinski definition) is 1. The van der Waals surface area contributed by atoms with E-state index in [4.69, 9.17) is 0 Å². The van der Waals surface area contributed by atoms with Crippen molar-refractivity contribution in [1.29, 1.82) is 0 Å². The molecule has 0 saturated heterocycles. The molecule has 0 bridgehead atoms. The zero-order valence-corrected chi connectivity index (χ0v) is 12.0. The Morgan fingerprint density at radius 1 is 1.06 bits per heavy atom. The summed E-state index contributed by atoms with van der Waals surface area (Å²) >= 11 is 0. The lowest BCUT2D eigenvalue weighted by molar-refractivity contribution is 0.326. The smallest absolute Gasteiger partial charge is 0.0189 e. The summed E-state index contributed by atoms with van der Waals surface area (Å²) in [4.78, 5) is 2.43. The third-order valence-corrected chi connectivity index (χ3v) is 3.43. The average Bonchev–Trinajstić information content (AvgIpc) is 2.42. The highest BCUT2D eigenvalue weighted by atomic mass is 15.1. The third-order valence-electron chi connectivity index (χ3n) is 3.43. The summed E-state index contributed by atoms with van der Waals surface area (Å²) in [6, 6.07) is 10.7. The molecule has 0 amide bonds. The van der Waals surface area contributed by atoms with Gasteiger partial charge in [0.05, 0.1) is 0 Å². The van der Waals surface area contributed by atoms with Crippen molar-refractivity contribution in [3.05, 3.63) is 48.0 Å². The normalized spacial score (nSPS) is 10.8. The first kappa shape index (κ1) is 15.0. The zero-order chi connectivity index (χ0) is 13.2. The van der Waals surface area contributed by atoms with Crippen LogP contribution < -0.4 is 0 Å². The molecule has 0 radical (unpaired) electrons. The maximum absolute atomic E-state index is 4.19. The molecule has 0 aliphatic carbocycles. The van der Waals surface area contributed by atoms with Crippen LogP contribution in [0.3, 0.4) is 0 Å². The van der Waals surface area contributed by atoms with Gasteiger partial charge in [-0.2, -0.15) is 0 Å². The number of nitrogens with zero attached hydrogens (tertiary/aromatic N) is 1. The van der Waals surface area contributed by atoms with Crippen LogP contribution in [0.4, 0.5) is 0 Å². The van der Waals surface area contributed by atoms with Gasteiger partial charge in [-0.3, -0.25) is 4.90 Å². The molecule has 1 aromatic rings. The van der Waals surface area contributed by atoms with Crippen molar-refractivity contribution in [1.82, 2.24) is 4.90 Å². The van der Waals surface area contributed by atoms with E-state index in [0.29, 0.717) is 0 Å². The molecular formula is C17H27N. The van der Waals surface area contributed by atoms with Gasteiger partial charge in [0.1, 0.15) is 0 Å². The van der Waals surface area contributed by atoms with Crippen molar-refractivity contribution in [3.8, 4) is 0 Å². The molecule has 0 saturated carbocycles. The predicted octanol–water partition coefficient (Wildman–Crippen LogP) is 4.30. The maximum Gasteiger partial charge on any atom is 0.0189 e. The Bertz CT molecular complexity index is 325. The Balaban J connectivity index is 2.12. The lowest BCUT2D eigenvalue weighted by Gasteiger charge is -2.19. The van der Waals surface area contributed by atoms with Gasteiger partial charge in [0.25, 0.3) is 0 Å². The molecule has 1 heteroatoms. The highest BCUT2D eigenvalue weighted by Gasteiger charge is 2.02. The first-order chi connectivity index (χ1) is 8.76. The van der Waals surface area contributed by atoms with Crippen LogP contribution in [0.1, 0.15) is 38.7 Å². The molecule has 1 rings (SSSR count). The summed E-state index contributed by atoms with van der Waals surface area (Å²) in [6.45, 7) is 11.9. The predicted molar refractivity (Wildman–Crippen MR) is 80.9 cm³/mol. The van der Waals surface area contributed by atoms with Gasteiger partial charge < -0.3 is 0 Å². The Morgan fingerprint density at radius 3 is 2.33 bits per heavy atom. The number of likely N-dealkylation sites (N-methyl/N-ethyl adjacent to an activating group) is 1. The SMILES string of the molecule is C=C(CCCCc1ccccc1)CN(CC)CC. The average molecular weight is 245 g/mol. The van der Waals surface area contributed by atoms with Gasteiger partial charge >= 0.3 is 0 Å². The fourth-order valence-corrected chi connectivity index (χ4v) is 2.19. The van der Waals surface area contributed by atoms with E-state index in [-0.39, 0.29) is 0 Å². The Labute approximate surface area is 113 Å². The standard InChI is InChI=1S/C17H27N/c1-4-18(5-2)15-16(3)11-9-10-14-17-12-7-6-8-13-17/h6-8,12-13H,3-5,9-11,14-15H2,1-2H3.